The molecule has 1 aliphatic rings. The number of benzene rings is 2. The lowest BCUT2D eigenvalue weighted by Crippen LogP contribution is -2.37. The molecule has 0 bridgehead atoms. The maximum absolute atomic E-state index is 12.9. The summed E-state index contributed by atoms with van der Waals surface area (Å²) in [5.74, 6) is 0.301. The minimum atomic E-state index is -0.210. The number of hydrogen-bond acceptors (Lipinski definition) is 4. The van der Waals surface area contributed by atoms with Gasteiger partial charge in [-0.1, -0.05) is 42.8 Å². The van der Waals surface area contributed by atoms with Crippen molar-refractivity contribution in [3.05, 3.63) is 69.9 Å². The van der Waals surface area contributed by atoms with Gasteiger partial charge in [-0.3, -0.25) is 9.59 Å². The van der Waals surface area contributed by atoms with Crippen molar-refractivity contribution in [1.29, 1.82) is 0 Å². The predicted octanol–water partition coefficient (Wildman–Crippen LogP) is 3.98. The van der Waals surface area contributed by atoms with Crippen LogP contribution in [0.15, 0.2) is 57.7 Å². The van der Waals surface area contributed by atoms with Crippen molar-refractivity contribution in [2.24, 2.45) is 0 Å². The van der Waals surface area contributed by atoms with E-state index >= 15 is 0 Å². The smallest absolute Gasteiger partial charge is 0.255 e. The third-order valence-electron chi connectivity index (χ3n) is 5.59. The molecule has 0 atom stereocenters. The second kappa shape index (κ2) is 8.62. The SMILES string of the molecule is Cc1c(-c2ccccc2)oc2c(C(=O)NCCN3CCCCC3)cccc2c1=O. The van der Waals surface area contributed by atoms with E-state index in [0.717, 1.165) is 25.2 Å². The summed E-state index contributed by atoms with van der Waals surface area (Å²) >= 11 is 0. The first-order valence-corrected chi connectivity index (χ1v) is 10.3. The molecule has 1 amide bonds. The number of carbonyl (C=O) groups is 1. The Morgan fingerprint density at radius 3 is 2.55 bits per heavy atom. The highest BCUT2D eigenvalue weighted by Gasteiger charge is 2.18. The van der Waals surface area contributed by atoms with E-state index in [0.29, 0.717) is 34.4 Å². The third-order valence-corrected chi connectivity index (χ3v) is 5.59. The standard InChI is InChI=1S/C24H26N2O3/c1-17-21(27)19-11-8-12-20(23(19)29-22(17)18-9-4-2-5-10-18)24(28)25-13-16-26-14-6-3-7-15-26/h2,4-5,8-12H,3,6-7,13-16H2,1H3,(H,25,28). The highest BCUT2D eigenvalue weighted by molar-refractivity contribution is 6.05. The van der Waals surface area contributed by atoms with E-state index in [1.54, 1.807) is 25.1 Å². The molecule has 29 heavy (non-hydrogen) atoms. The quantitative estimate of drug-likeness (QED) is 0.716. The molecule has 2 heterocycles. The number of likely N-dealkylation sites (tertiary alicyclic amines) is 1. The van der Waals surface area contributed by atoms with E-state index in [9.17, 15) is 9.59 Å². The Bertz CT molecular complexity index is 1070. The number of rotatable bonds is 5. The van der Waals surface area contributed by atoms with Crippen LogP contribution in [0.3, 0.4) is 0 Å². The number of nitrogens with zero attached hydrogens (tertiary/aromatic N) is 1. The van der Waals surface area contributed by atoms with Crippen LogP contribution >= 0.6 is 0 Å². The van der Waals surface area contributed by atoms with Gasteiger partial charge < -0.3 is 14.6 Å². The van der Waals surface area contributed by atoms with Crippen LogP contribution < -0.4 is 10.7 Å². The zero-order valence-corrected chi connectivity index (χ0v) is 16.7. The van der Waals surface area contributed by atoms with Crippen molar-refractivity contribution in [1.82, 2.24) is 10.2 Å². The third kappa shape index (κ3) is 4.10. The first-order chi connectivity index (χ1) is 14.1. The Kier molecular flexibility index (Phi) is 5.76. The lowest BCUT2D eigenvalue weighted by atomic mass is 10.0. The second-order valence-electron chi connectivity index (χ2n) is 7.59. The molecule has 5 heteroatoms. The largest absolute Gasteiger partial charge is 0.455 e. The normalized spacial score (nSPS) is 14.8. The fraction of sp³-hybridized carbons (Fsp3) is 0.333. The molecule has 0 unspecified atom stereocenters. The van der Waals surface area contributed by atoms with Gasteiger partial charge in [-0.2, -0.15) is 0 Å². The van der Waals surface area contributed by atoms with Crippen LogP contribution in [0.1, 0.15) is 35.2 Å². The van der Waals surface area contributed by atoms with Crippen LogP contribution in [-0.4, -0.2) is 37.0 Å². The predicted molar refractivity (Wildman–Crippen MR) is 115 cm³/mol. The number of nitrogens with one attached hydrogen (secondary N) is 1. The van der Waals surface area contributed by atoms with Gasteiger partial charge in [-0.05, 0) is 45.0 Å². The highest BCUT2D eigenvalue weighted by Crippen LogP contribution is 2.27. The van der Waals surface area contributed by atoms with Gasteiger partial charge >= 0.3 is 0 Å². The van der Waals surface area contributed by atoms with Crippen molar-refractivity contribution in [3.8, 4) is 11.3 Å². The first kappa shape index (κ1) is 19.4. The average molecular weight is 390 g/mol. The number of amides is 1. The zero-order valence-electron chi connectivity index (χ0n) is 16.7. The number of hydrogen-bond donors (Lipinski definition) is 1. The van der Waals surface area contributed by atoms with Gasteiger partial charge in [0, 0.05) is 24.2 Å². The van der Waals surface area contributed by atoms with Crippen molar-refractivity contribution >= 4 is 16.9 Å². The lowest BCUT2D eigenvalue weighted by Gasteiger charge is -2.26. The Hall–Kier alpha value is -2.92. The monoisotopic (exact) mass is 390 g/mol. The van der Waals surface area contributed by atoms with Crippen LogP contribution in [-0.2, 0) is 0 Å². The van der Waals surface area contributed by atoms with E-state index in [1.165, 1.54) is 19.3 Å². The lowest BCUT2D eigenvalue weighted by molar-refractivity contribution is 0.0947. The minimum absolute atomic E-state index is 0.104. The molecule has 1 fully saturated rings. The van der Waals surface area contributed by atoms with Crippen molar-refractivity contribution in [2.75, 3.05) is 26.2 Å². The highest BCUT2D eigenvalue weighted by atomic mass is 16.3. The van der Waals surface area contributed by atoms with Gasteiger partial charge in [-0.25, -0.2) is 0 Å². The van der Waals surface area contributed by atoms with Crippen LogP contribution in [0.25, 0.3) is 22.3 Å². The Morgan fingerprint density at radius 1 is 1.03 bits per heavy atom. The van der Waals surface area contributed by atoms with Crippen molar-refractivity contribution in [2.45, 2.75) is 26.2 Å². The molecule has 1 aliphatic heterocycles. The topological polar surface area (TPSA) is 62.6 Å². The van der Waals surface area contributed by atoms with Gasteiger partial charge in [0.15, 0.2) is 11.0 Å². The molecule has 3 aromatic rings. The molecular formula is C24H26N2O3. The van der Waals surface area contributed by atoms with Gasteiger partial charge in [0.1, 0.15) is 5.76 Å². The van der Waals surface area contributed by atoms with E-state index in [4.69, 9.17) is 4.42 Å². The molecule has 2 aromatic carbocycles. The minimum Gasteiger partial charge on any atom is -0.455 e. The number of piperidine rings is 1. The summed E-state index contributed by atoms with van der Waals surface area (Å²) in [5.41, 5.74) is 2.01. The van der Waals surface area contributed by atoms with Gasteiger partial charge in [0.2, 0.25) is 0 Å². The van der Waals surface area contributed by atoms with Gasteiger partial charge in [0.25, 0.3) is 5.91 Å². The maximum atomic E-state index is 12.9. The molecule has 5 nitrogen and oxygen atoms in total. The summed E-state index contributed by atoms with van der Waals surface area (Å²) in [6, 6.07) is 14.7. The molecule has 0 radical (unpaired) electrons. The summed E-state index contributed by atoms with van der Waals surface area (Å²) < 4.78 is 6.14. The van der Waals surface area contributed by atoms with Crippen LogP contribution in [0.5, 0.6) is 0 Å². The number of fused-ring (bicyclic) bond motifs is 1. The molecule has 0 spiro atoms. The van der Waals surface area contributed by atoms with E-state index in [-0.39, 0.29) is 11.3 Å². The maximum Gasteiger partial charge on any atom is 0.255 e. The van der Waals surface area contributed by atoms with Gasteiger partial charge in [0.05, 0.1) is 10.9 Å². The number of carbonyl (C=O) groups excluding carboxylic acids is 1. The summed E-state index contributed by atoms with van der Waals surface area (Å²) in [4.78, 5) is 28.2. The Balaban J connectivity index is 1.63. The fourth-order valence-electron chi connectivity index (χ4n) is 3.96. The van der Waals surface area contributed by atoms with Crippen LogP contribution in [0.4, 0.5) is 0 Å². The summed E-state index contributed by atoms with van der Waals surface area (Å²) in [7, 11) is 0. The molecule has 4 rings (SSSR count). The number of para-hydroxylation sites is 1. The molecule has 1 aromatic heterocycles. The van der Waals surface area contributed by atoms with Gasteiger partial charge in [-0.15, -0.1) is 0 Å². The zero-order chi connectivity index (χ0) is 20.2. The molecule has 1 N–H and O–H groups in total. The Labute approximate surface area is 170 Å². The first-order valence-electron chi connectivity index (χ1n) is 10.3. The van der Waals surface area contributed by atoms with Crippen LogP contribution in [0.2, 0.25) is 0 Å². The van der Waals surface area contributed by atoms with E-state index in [1.807, 2.05) is 30.3 Å². The average Bonchev–Trinajstić information content (AvgIpc) is 2.77. The van der Waals surface area contributed by atoms with Crippen molar-refractivity contribution < 1.29 is 9.21 Å². The Morgan fingerprint density at radius 2 is 1.79 bits per heavy atom. The van der Waals surface area contributed by atoms with Crippen molar-refractivity contribution in [3.63, 3.8) is 0 Å². The molecule has 150 valence electrons. The molecule has 0 saturated carbocycles. The molecule has 0 aliphatic carbocycles. The summed E-state index contributed by atoms with van der Waals surface area (Å²) in [6.07, 6.45) is 3.75. The summed E-state index contributed by atoms with van der Waals surface area (Å²) in [5, 5.41) is 3.43. The van der Waals surface area contributed by atoms with Crippen LogP contribution in [0, 0.1) is 6.92 Å². The van der Waals surface area contributed by atoms with E-state index < -0.39 is 0 Å². The second-order valence-corrected chi connectivity index (χ2v) is 7.59. The fourth-order valence-corrected chi connectivity index (χ4v) is 3.96. The molecule has 1 saturated heterocycles. The van der Waals surface area contributed by atoms with E-state index in [2.05, 4.69) is 10.2 Å². The molecular weight excluding hydrogens is 364 g/mol. The summed E-state index contributed by atoms with van der Waals surface area (Å²) in [6.45, 7) is 5.38.